The zero-order valence-electron chi connectivity index (χ0n) is 11.8. The summed E-state index contributed by atoms with van der Waals surface area (Å²) >= 11 is 1.98. The molecule has 0 radical (unpaired) electrons. The molecular formula is C15H19N3OS. The second-order valence-electron chi connectivity index (χ2n) is 5.48. The zero-order chi connectivity index (χ0) is 14.1. The highest BCUT2D eigenvalue weighted by atomic mass is 32.2. The van der Waals surface area contributed by atoms with Gasteiger partial charge in [0.25, 0.3) is 5.91 Å². The number of carbonyl (C=O) groups is 1. The number of hydrogen-bond donors (Lipinski definition) is 0. The van der Waals surface area contributed by atoms with Crippen LogP contribution in [0, 0.1) is 5.92 Å². The number of pyridine rings is 1. The third-order valence-corrected chi connectivity index (χ3v) is 5.30. The molecule has 1 aliphatic heterocycles. The highest BCUT2D eigenvalue weighted by molar-refractivity contribution is 8.00. The van der Waals surface area contributed by atoms with Crippen LogP contribution in [-0.2, 0) is 0 Å². The lowest BCUT2D eigenvalue weighted by atomic mass is 10.1. The average molecular weight is 289 g/mol. The fourth-order valence-corrected chi connectivity index (χ4v) is 3.81. The Morgan fingerprint density at radius 2 is 2.30 bits per heavy atom. The second-order valence-corrected chi connectivity index (χ2v) is 6.82. The number of nitrogens with zero attached hydrogens (tertiary/aromatic N) is 3. The molecule has 1 atom stereocenters. The van der Waals surface area contributed by atoms with Crippen molar-refractivity contribution in [2.45, 2.75) is 19.1 Å². The van der Waals surface area contributed by atoms with Gasteiger partial charge in [0.2, 0.25) is 0 Å². The highest BCUT2D eigenvalue weighted by Gasteiger charge is 2.28. The first-order valence-electron chi connectivity index (χ1n) is 7.00. The summed E-state index contributed by atoms with van der Waals surface area (Å²) < 4.78 is 1.87. The Morgan fingerprint density at radius 3 is 3.10 bits per heavy atom. The molecule has 1 saturated heterocycles. The average Bonchev–Trinajstić information content (AvgIpc) is 2.90. The Bertz CT molecular complexity index is 622. The van der Waals surface area contributed by atoms with E-state index in [-0.39, 0.29) is 5.91 Å². The number of rotatable bonds is 2. The summed E-state index contributed by atoms with van der Waals surface area (Å²) in [6, 6.07) is 5.77. The van der Waals surface area contributed by atoms with Gasteiger partial charge in [-0.2, -0.15) is 11.8 Å². The third kappa shape index (κ3) is 2.42. The smallest absolute Gasteiger partial charge is 0.272 e. The van der Waals surface area contributed by atoms with Crippen LogP contribution in [0.15, 0.2) is 30.6 Å². The van der Waals surface area contributed by atoms with E-state index in [1.54, 1.807) is 6.20 Å². The molecule has 3 heterocycles. The van der Waals surface area contributed by atoms with Gasteiger partial charge in [0, 0.05) is 30.3 Å². The van der Waals surface area contributed by atoms with Gasteiger partial charge in [-0.1, -0.05) is 19.9 Å². The van der Waals surface area contributed by atoms with Crippen LogP contribution >= 0.6 is 11.8 Å². The molecule has 2 aromatic heterocycles. The topological polar surface area (TPSA) is 37.6 Å². The van der Waals surface area contributed by atoms with E-state index in [4.69, 9.17) is 0 Å². The molecule has 0 aromatic carbocycles. The second kappa shape index (κ2) is 5.48. The maximum atomic E-state index is 12.7. The lowest BCUT2D eigenvalue weighted by molar-refractivity contribution is 0.0749. The molecule has 0 spiro atoms. The lowest BCUT2D eigenvalue weighted by Crippen LogP contribution is -2.43. The molecule has 0 bridgehead atoms. The van der Waals surface area contributed by atoms with Crippen molar-refractivity contribution in [2.24, 2.45) is 5.92 Å². The summed E-state index contributed by atoms with van der Waals surface area (Å²) in [6.45, 7) is 6.10. The van der Waals surface area contributed by atoms with Crippen LogP contribution in [0.1, 0.15) is 24.3 Å². The minimum atomic E-state index is 0.0923. The molecule has 0 aliphatic carbocycles. The maximum absolute atomic E-state index is 12.7. The summed E-state index contributed by atoms with van der Waals surface area (Å²) in [5, 5.41) is 0.534. The Morgan fingerprint density at radius 1 is 1.45 bits per heavy atom. The monoisotopic (exact) mass is 289 g/mol. The van der Waals surface area contributed by atoms with E-state index in [2.05, 4.69) is 18.8 Å². The molecule has 1 amide bonds. The molecule has 5 heteroatoms. The van der Waals surface area contributed by atoms with Gasteiger partial charge in [0.15, 0.2) is 0 Å². The van der Waals surface area contributed by atoms with Crippen molar-refractivity contribution >= 4 is 23.3 Å². The van der Waals surface area contributed by atoms with Gasteiger partial charge in [-0.15, -0.1) is 0 Å². The first kappa shape index (κ1) is 13.5. The molecule has 0 saturated carbocycles. The predicted octanol–water partition coefficient (Wildman–Crippen LogP) is 2.55. The quantitative estimate of drug-likeness (QED) is 0.852. The van der Waals surface area contributed by atoms with Gasteiger partial charge in [0.1, 0.15) is 11.3 Å². The molecule has 3 rings (SSSR count). The lowest BCUT2D eigenvalue weighted by Gasteiger charge is -2.34. The summed E-state index contributed by atoms with van der Waals surface area (Å²) in [4.78, 5) is 19.0. The molecule has 0 N–H and O–H groups in total. The highest BCUT2D eigenvalue weighted by Crippen LogP contribution is 2.25. The van der Waals surface area contributed by atoms with Crippen molar-refractivity contribution in [3.8, 4) is 0 Å². The molecule has 1 aliphatic rings. The normalized spacial score (nSPS) is 19.8. The van der Waals surface area contributed by atoms with Crippen LogP contribution in [0.2, 0.25) is 0 Å². The van der Waals surface area contributed by atoms with Gasteiger partial charge < -0.3 is 4.90 Å². The number of thioether (sulfide) groups is 1. The van der Waals surface area contributed by atoms with Crippen LogP contribution in [0.5, 0.6) is 0 Å². The Kier molecular flexibility index (Phi) is 3.70. The number of imidazole rings is 1. The van der Waals surface area contributed by atoms with Gasteiger partial charge in [-0.05, 0) is 18.1 Å². The number of fused-ring (bicyclic) bond motifs is 1. The number of amides is 1. The minimum Gasteiger partial charge on any atom is -0.335 e. The van der Waals surface area contributed by atoms with E-state index in [0.29, 0.717) is 16.9 Å². The molecule has 20 heavy (non-hydrogen) atoms. The summed E-state index contributed by atoms with van der Waals surface area (Å²) in [6.07, 6.45) is 3.58. The number of aromatic nitrogens is 2. The minimum absolute atomic E-state index is 0.0923. The van der Waals surface area contributed by atoms with Gasteiger partial charge in [0.05, 0.1) is 6.20 Å². The van der Waals surface area contributed by atoms with Crippen LogP contribution in [0.3, 0.4) is 0 Å². The summed E-state index contributed by atoms with van der Waals surface area (Å²) in [5.74, 6) is 1.71. The fourth-order valence-electron chi connectivity index (χ4n) is 2.52. The summed E-state index contributed by atoms with van der Waals surface area (Å²) in [7, 11) is 0. The molecule has 4 nitrogen and oxygen atoms in total. The Labute approximate surface area is 123 Å². The van der Waals surface area contributed by atoms with Crippen molar-refractivity contribution in [1.82, 2.24) is 14.3 Å². The van der Waals surface area contributed by atoms with Gasteiger partial charge >= 0.3 is 0 Å². The van der Waals surface area contributed by atoms with E-state index in [0.717, 1.165) is 24.5 Å². The van der Waals surface area contributed by atoms with Crippen molar-refractivity contribution in [3.05, 3.63) is 36.3 Å². The molecule has 1 fully saturated rings. The van der Waals surface area contributed by atoms with Crippen LogP contribution in [0.4, 0.5) is 0 Å². The summed E-state index contributed by atoms with van der Waals surface area (Å²) in [5.41, 5.74) is 1.48. The number of carbonyl (C=O) groups excluding carboxylic acids is 1. The molecular weight excluding hydrogens is 270 g/mol. The first-order chi connectivity index (χ1) is 9.66. The predicted molar refractivity (Wildman–Crippen MR) is 82.2 cm³/mol. The Hall–Kier alpha value is -1.49. The molecule has 2 aromatic rings. The number of hydrogen-bond acceptors (Lipinski definition) is 3. The van der Waals surface area contributed by atoms with Crippen LogP contribution in [-0.4, -0.2) is 44.3 Å². The standard InChI is InChI=1S/C15H19N3OS/c1-11(2)13-10-17(7-8-20-13)15(19)12-9-16-14-5-3-4-6-18(12)14/h3-6,9,11,13H,7-8,10H2,1-2H3. The maximum Gasteiger partial charge on any atom is 0.272 e. The van der Waals surface area contributed by atoms with E-state index < -0.39 is 0 Å². The first-order valence-corrected chi connectivity index (χ1v) is 8.04. The van der Waals surface area contributed by atoms with E-state index >= 15 is 0 Å². The van der Waals surface area contributed by atoms with Gasteiger partial charge in [-0.25, -0.2) is 4.98 Å². The van der Waals surface area contributed by atoms with Crippen molar-refractivity contribution in [3.63, 3.8) is 0 Å². The van der Waals surface area contributed by atoms with Gasteiger partial charge in [-0.3, -0.25) is 9.20 Å². The van der Waals surface area contributed by atoms with E-state index in [9.17, 15) is 4.79 Å². The largest absolute Gasteiger partial charge is 0.335 e. The molecule has 1 unspecified atom stereocenters. The zero-order valence-corrected chi connectivity index (χ0v) is 12.6. The SMILES string of the molecule is CC(C)C1CN(C(=O)c2cnc3ccccn23)CCS1. The van der Waals surface area contributed by atoms with Crippen LogP contribution in [0.25, 0.3) is 5.65 Å². The fraction of sp³-hybridized carbons (Fsp3) is 0.467. The van der Waals surface area contributed by atoms with Crippen molar-refractivity contribution in [2.75, 3.05) is 18.8 Å². The Balaban J connectivity index is 1.85. The third-order valence-electron chi connectivity index (χ3n) is 3.76. The van der Waals surface area contributed by atoms with Crippen molar-refractivity contribution in [1.29, 1.82) is 0 Å². The molecule has 106 valence electrons. The van der Waals surface area contributed by atoms with Crippen LogP contribution < -0.4 is 0 Å². The van der Waals surface area contributed by atoms with Crippen molar-refractivity contribution < 1.29 is 4.79 Å². The van der Waals surface area contributed by atoms with E-state index in [1.807, 2.05) is 45.5 Å². The van der Waals surface area contributed by atoms with E-state index in [1.165, 1.54) is 0 Å².